The highest BCUT2D eigenvalue weighted by atomic mass is 16.5. The molecule has 6 nitrogen and oxygen atoms in total. The Hall–Kier alpha value is -2.47. The summed E-state index contributed by atoms with van der Waals surface area (Å²) in [6.45, 7) is 1.04. The van der Waals surface area contributed by atoms with Gasteiger partial charge in [0, 0.05) is 25.5 Å². The van der Waals surface area contributed by atoms with Crippen molar-refractivity contribution in [3.05, 3.63) is 54.4 Å². The van der Waals surface area contributed by atoms with Crippen LogP contribution in [0.3, 0.4) is 0 Å². The first kappa shape index (κ1) is 17.4. The van der Waals surface area contributed by atoms with Crippen LogP contribution < -0.4 is 10.6 Å². The number of hydrogen-bond donors (Lipinski definition) is 2. The molecule has 1 aromatic carbocycles. The molecule has 1 fully saturated rings. The van der Waals surface area contributed by atoms with Crippen molar-refractivity contribution >= 4 is 11.9 Å². The van der Waals surface area contributed by atoms with Gasteiger partial charge in [-0.15, -0.1) is 0 Å². The number of carbonyl (C=O) groups is 1. The SMILES string of the molecule is O=C(NCCNc1ncccn1)[C@@H](OC1CCCC1)c1ccccc1. The van der Waals surface area contributed by atoms with Crippen LogP contribution >= 0.6 is 0 Å². The maximum Gasteiger partial charge on any atom is 0.253 e. The van der Waals surface area contributed by atoms with Gasteiger partial charge < -0.3 is 15.4 Å². The monoisotopic (exact) mass is 340 g/mol. The molecule has 0 unspecified atom stereocenters. The Bertz CT molecular complexity index is 645. The third-order valence-corrected chi connectivity index (χ3v) is 4.24. The topological polar surface area (TPSA) is 76.1 Å². The molecule has 0 radical (unpaired) electrons. The van der Waals surface area contributed by atoms with Crippen LogP contribution in [-0.4, -0.2) is 35.1 Å². The second kappa shape index (κ2) is 9.13. The minimum absolute atomic E-state index is 0.103. The lowest BCUT2D eigenvalue weighted by Gasteiger charge is -2.22. The van der Waals surface area contributed by atoms with Gasteiger partial charge >= 0.3 is 0 Å². The van der Waals surface area contributed by atoms with E-state index in [4.69, 9.17) is 4.74 Å². The zero-order valence-electron chi connectivity index (χ0n) is 14.2. The Morgan fingerprint density at radius 3 is 2.52 bits per heavy atom. The van der Waals surface area contributed by atoms with Gasteiger partial charge in [-0.1, -0.05) is 43.2 Å². The van der Waals surface area contributed by atoms with Gasteiger partial charge in [-0.05, 0) is 24.5 Å². The molecule has 0 bridgehead atoms. The predicted molar refractivity (Wildman–Crippen MR) is 96.1 cm³/mol. The molecule has 2 aromatic rings. The van der Waals surface area contributed by atoms with E-state index in [2.05, 4.69) is 20.6 Å². The van der Waals surface area contributed by atoms with Crippen molar-refractivity contribution in [1.82, 2.24) is 15.3 Å². The summed E-state index contributed by atoms with van der Waals surface area (Å²) in [5, 5.41) is 6.02. The van der Waals surface area contributed by atoms with Crippen molar-refractivity contribution in [2.24, 2.45) is 0 Å². The first-order valence-corrected chi connectivity index (χ1v) is 8.82. The van der Waals surface area contributed by atoms with Gasteiger partial charge in [0.2, 0.25) is 5.95 Å². The van der Waals surface area contributed by atoms with Gasteiger partial charge in [-0.25, -0.2) is 9.97 Å². The summed E-state index contributed by atoms with van der Waals surface area (Å²) in [5.41, 5.74) is 0.895. The summed E-state index contributed by atoms with van der Waals surface area (Å²) in [5.74, 6) is 0.451. The number of rotatable bonds is 8. The van der Waals surface area contributed by atoms with Gasteiger partial charge in [0.15, 0.2) is 6.10 Å². The molecule has 1 aliphatic carbocycles. The second-order valence-electron chi connectivity index (χ2n) is 6.12. The minimum Gasteiger partial charge on any atom is -0.360 e. The zero-order valence-corrected chi connectivity index (χ0v) is 14.2. The number of aromatic nitrogens is 2. The molecule has 3 rings (SSSR count). The third-order valence-electron chi connectivity index (χ3n) is 4.24. The Labute approximate surface area is 148 Å². The van der Waals surface area contributed by atoms with Crippen LogP contribution in [0.25, 0.3) is 0 Å². The molecule has 132 valence electrons. The number of carbonyl (C=O) groups excluding carboxylic acids is 1. The molecule has 0 spiro atoms. The largest absolute Gasteiger partial charge is 0.360 e. The smallest absolute Gasteiger partial charge is 0.253 e. The van der Waals surface area contributed by atoms with E-state index in [1.54, 1.807) is 18.5 Å². The molecule has 1 amide bonds. The fourth-order valence-electron chi connectivity index (χ4n) is 2.98. The molecule has 0 saturated heterocycles. The molecule has 1 atom stereocenters. The lowest BCUT2D eigenvalue weighted by atomic mass is 10.1. The Kier molecular flexibility index (Phi) is 6.34. The van der Waals surface area contributed by atoms with E-state index >= 15 is 0 Å². The number of benzene rings is 1. The predicted octanol–water partition coefficient (Wildman–Crippen LogP) is 2.71. The summed E-state index contributed by atoms with van der Waals surface area (Å²) < 4.78 is 6.12. The van der Waals surface area contributed by atoms with Gasteiger partial charge in [0.25, 0.3) is 5.91 Å². The normalized spacial score (nSPS) is 15.7. The highest BCUT2D eigenvalue weighted by Gasteiger charge is 2.26. The van der Waals surface area contributed by atoms with Crippen LogP contribution in [0.2, 0.25) is 0 Å². The third kappa shape index (κ3) is 5.26. The van der Waals surface area contributed by atoms with Gasteiger partial charge in [0.05, 0.1) is 6.10 Å². The first-order chi connectivity index (χ1) is 12.3. The van der Waals surface area contributed by atoms with E-state index < -0.39 is 6.10 Å². The maximum atomic E-state index is 12.6. The summed E-state index contributed by atoms with van der Waals surface area (Å²) in [6, 6.07) is 11.4. The van der Waals surface area contributed by atoms with E-state index in [0.717, 1.165) is 18.4 Å². The number of anilines is 1. The fraction of sp³-hybridized carbons (Fsp3) is 0.421. The number of nitrogens with zero attached hydrogens (tertiary/aromatic N) is 2. The molecule has 6 heteroatoms. The standard InChI is InChI=1S/C19H24N4O2/c24-18(20-13-14-23-19-21-11-6-12-22-19)17(15-7-2-1-3-8-15)25-16-9-4-5-10-16/h1-3,6-8,11-12,16-17H,4-5,9-10,13-14H2,(H,20,24)(H,21,22,23)/t17-/m0/s1. The number of nitrogens with one attached hydrogen (secondary N) is 2. The lowest BCUT2D eigenvalue weighted by Crippen LogP contribution is -2.35. The molecule has 2 N–H and O–H groups in total. The van der Waals surface area contributed by atoms with Gasteiger partial charge in [-0.2, -0.15) is 0 Å². The Balaban J connectivity index is 1.53. The van der Waals surface area contributed by atoms with Crippen LogP contribution in [0.1, 0.15) is 37.4 Å². The molecule has 0 aliphatic heterocycles. The van der Waals surface area contributed by atoms with Crippen molar-refractivity contribution in [1.29, 1.82) is 0 Å². The van der Waals surface area contributed by atoms with E-state index in [9.17, 15) is 4.79 Å². The Morgan fingerprint density at radius 2 is 1.80 bits per heavy atom. The molecule has 1 aliphatic rings. The van der Waals surface area contributed by atoms with E-state index in [1.807, 2.05) is 30.3 Å². The average molecular weight is 340 g/mol. The summed E-state index contributed by atoms with van der Waals surface area (Å²) >= 11 is 0. The maximum absolute atomic E-state index is 12.6. The number of amides is 1. The molecule has 1 saturated carbocycles. The van der Waals surface area contributed by atoms with Crippen LogP contribution in [0.15, 0.2) is 48.8 Å². The number of ether oxygens (including phenoxy) is 1. The van der Waals surface area contributed by atoms with E-state index in [-0.39, 0.29) is 12.0 Å². The van der Waals surface area contributed by atoms with Crippen LogP contribution in [0, 0.1) is 0 Å². The van der Waals surface area contributed by atoms with Crippen LogP contribution in [0.5, 0.6) is 0 Å². The van der Waals surface area contributed by atoms with Gasteiger partial charge in [-0.3, -0.25) is 4.79 Å². The highest BCUT2D eigenvalue weighted by Crippen LogP contribution is 2.28. The highest BCUT2D eigenvalue weighted by molar-refractivity contribution is 5.82. The average Bonchev–Trinajstić information content (AvgIpc) is 3.18. The molecular formula is C19H24N4O2. The first-order valence-electron chi connectivity index (χ1n) is 8.82. The summed E-state index contributed by atoms with van der Waals surface area (Å²) in [6.07, 6.45) is 7.38. The van der Waals surface area contributed by atoms with Crippen LogP contribution in [-0.2, 0) is 9.53 Å². The van der Waals surface area contributed by atoms with Crippen molar-refractivity contribution in [2.45, 2.75) is 37.9 Å². The van der Waals surface area contributed by atoms with Crippen molar-refractivity contribution in [3.8, 4) is 0 Å². The summed E-state index contributed by atoms with van der Waals surface area (Å²) in [4.78, 5) is 20.8. The minimum atomic E-state index is -0.558. The second-order valence-corrected chi connectivity index (χ2v) is 6.12. The van der Waals surface area contributed by atoms with Gasteiger partial charge in [0.1, 0.15) is 0 Å². The molecule has 1 aromatic heterocycles. The lowest BCUT2D eigenvalue weighted by molar-refractivity contribution is -0.137. The molecule has 25 heavy (non-hydrogen) atoms. The van der Waals surface area contributed by atoms with E-state index in [0.29, 0.717) is 19.0 Å². The van der Waals surface area contributed by atoms with E-state index in [1.165, 1.54) is 12.8 Å². The van der Waals surface area contributed by atoms with Crippen LogP contribution in [0.4, 0.5) is 5.95 Å². The molecule has 1 heterocycles. The fourth-order valence-corrected chi connectivity index (χ4v) is 2.98. The summed E-state index contributed by atoms with van der Waals surface area (Å²) in [7, 11) is 0. The zero-order chi connectivity index (χ0) is 17.3. The quantitative estimate of drug-likeness (QED) is 0.723. The Morgan fingerprint density at radius 1 is 1.08 bits per heavy atom. The number of hydrogen-bond acceptors (Lipinski definition) is 5. The van der Waals surface area contributed by atoms with Crippen molar-refractivity contribution in [3.63, 3.8) is 0 Å². The molecular weight excluding hydrogens is 316 g/mol. The van der Waals surface area contributed by atoms with Crippen molar-refractivity contribution < 1.29 is 9.53 Å². The van der Waals surface area contributed by atoms with Crippen molar-refractivity contribution in [2.75, 3.05) is 18.4 Å².